The van der Waals surface area contributed by atoms with Crippen LogP contribution in [0.1, 0.15) is 139 Å². The molecule has 0 spiro atoms. The number of amides is 2. The number of carbonyl (C=O) groups excluding carboxylic acids is 2. The molecule has 3 rings (SSSR count). The number of rotatable bonds is 20. The fraction of sp³-hybridized carbons (Fsp3) is 0.537. The van der Waals surface area contributed by atoms with Crippen LogP contribution in [0.15, 0.2) is 72.9 Å². The summed E-state index contributed by atoms with van der Waals surface area (Å²) in [7, 11) is 0. The lowest BCUT2D eigenvalue weighted by atomic mass is 9.85. The quantitative estimate of drug-likeness (QED) is 0.0686. The van der Waals surface area contributed by atoms with E-state index < -0.39 is 6.09 Å². The van der Waals surface area contributed by atoms with E-state index in [4.69, 9.17) is 9.47 Å². The van der Waals surface area contributed by atoms with Gasteiger partial charge in [-0.25, -0.2) is 14.3 Å². The lowest BCUT2D eigenvalue weighted by Gasteiger charge is -2.24. The highest BCUT2D eigenvalue weighted by atomic mass is 127. The van der Waals surface area contributed by atoms with E-state index in [2.05, 4.69) is 33.8 Å². The van der Waals surface area contributed by atoms with E-state index in [1.165, 1.54) is 75.5 Å². The number of pyridine rings is 1. The van der Waals surface area contributed by atoms with Gasteiger partial charge in [0, 0.05) is 17.7 Å². The van der Waals surface area contributed by atoms with E-state index in [1.54, 1.807) is 24.3 Å². The van der Waals surface area contributed by atoms with Crippen molar-refractivity contribution < 1.29 is 47.6 Å². The van der Waals surface area contributed by atoms with Crippen LogP contribution in [0.5, 0.6) is 5.75 Å². The number of aryl methyl sites for hydroxylation is 1. The third-order valence-corrected chi connectivity index (χ3v) is 8.65. The van der Waals surface area contributed by atoms with Crippen molar-refractivity contribution >= 4 is 12.0 Å². The van der Waals surface area contributed by atoms with Gasteiger partial charge in [0.05, 0.1) is 6.61 Å². The van der Waals surface area contributed by atoms with Gasteiger partial charge >= 0.3 is 6.09 Å². The van der Waals surface area contributed by atoms with E-state index in [-0.39, 0.29) is 48.5 Å². The zero-order valence-electron chi connectivity index (χ0n) is 30.1. The highest BCUT2D eigenvalue weighted by molar-refractivity contribution is 6.02. The molecule has 0 saturated heterocycles. The van der Waals surface area contributed by atoms with Crippen LogP contribution in [-0.2, 0) is 29.8 Å². The minimum absolute atomic E-state index is 0. The summed E-state index contributed by atoms with van der Waals surface area (Å²) in [5.41, 5.74) is 3.07. The molecule has 0 unspecified atom stereocenters. The largest absolute Gasteiger partial charge is 1.00 e. The SMILES string of the molecule is CCCCCCCCCCCCCCOc1ccc(COC(=O)N(Cc2cccc[n+]2CC)C(=O)c2ccccc2)cc1C(C)(C)C.[I-]. The number of nitrogens with zero attached hydrogens (tertiary/aromatic N) is 2. The van der Waals surface area contributed by atoms with Crippen molar-refractivity contribution in [2.24, 2.45) is 0 Å². The van der Waals surface area contributed by atoms with Crippen molar-refractivity contribution in [3.8, 4) is 5.75 Å². The first kappa shape index (κ1) is 41.2. The van der Waals surface area contributed by atoms with E-state index in [0.717, 1.165) is 35.5 Å². The summed E-state index contributed by atoms with van der Waals surface area (Å²) in [6.45, 7) is 12.4. The second-order valence-electron chi connectivity index (χ2n) is 13.6. The number of unbranched alkanes of at least 4 members (excludes halogenated alkanes) is 11. The average molecular weight is 771 g/mol. The molecule has 0 radical (unpaired) electrons. The summed E-state index contributed by atoms with van der Waals surface area (Å²) in [6.07, 6.45) is 17.1. The van der Waals surface area contributed by atoms with Crippen LogP contribution in [0.4, 0.5) is 4.79 Å². The van der Waals surface area contributed by atoms with Crippen molar-refractivity contribution in [3.63, 3.8) is 0 Å². The minimum atomic E-state index is -0.671. The molecule has 0 atom stereocenters. The number of ether oxygens (including phenoxy) is 2. The van der Waals surface area contributed by atoms with Crippen molar-refractivity contribution in [1.29, 1.82) is 0 Å². The first-order valence-corrected chi connectivity index (χ1v) is 18.0. The molecule has 0 bridgehead atoms. The van der Waals surface area contributed by atoms with Crippen molar-refractivity contribution in [2.75, 3.05) is 6.61 Å². The average Bonchev–Trinajstić information content (AvgIpc) is 3.08. The van der Waals surface area contributed by atoms with Gasteiger partial charge in [-0.05, 0) is 54.2 Å². The Morgan fingerprint density at radius 3 is 1.96 bits per heavy atom. The Morgan fingerprint density at radius 1 is 0.750 bits per heavy atom. The standard InChI is InChI=1S/C41H59N2O4.HI/c1-6-8-9-10-11-12-13-14-15-16-17-23-30-46-38-28-27-34(31-37(38)41(3,4)5)33-47-40(45)43(39(44)35-24-19-18-20-25-35)32-36-26-21-22-29-42(36)7-2;/h18-22,24-29,31H,6-17,23,30,32-33H2,1-5H3;1H/q+1;/p-1. The van der Waals surface area contributed by atoms with Gasteiger partial charge in [0.15, 0.2) is 6.20 Å². The van der Waals surface area contributed by atoms with E-state index >= 15 is 0 Å². The Hall–Kier alpha value is -2.94. The second-order valence-corrected chi connectivity index (χ2v) is 13.6. The number of aromatic nitrogens is 1. The van der Waals surface area contributed by atoms with Gasteiger partial charge in [-0.2, -0.15) is 0 Å². The van der Waals surface area contributed by atoms with E-state index in [9.17, 15) is 9.59 Å². The summed E-state index contributed by atoms with van der Waals surface area (Å²) >= 11 is 0. The van der Waals surface area contributed by atoms with Crippen LogP contribution < -0.4 is 33.3 Å². The topological polar surface area (TPSA) is 59.7 Å². The number of hydrogen-bond donors (Lipinski definition) is 0. The van der Waals surface area contributed by atoms with Crippen molar-refractivity contribution in [2.45, 2.75) is 137 Å². The normalized spacial score (nSPS) is 11.1. The highest BCUT2D eigenvalue weighted by Gasteiger charge is 2.28. The first-order chi connectivity index (χ1) is 22.7. The molecule has 2 amide bonds. The van der Waals surface area contributed by atoms with Gasteiger partial charge in [0.2, 0.25) is 5.69 Å². The third-order valence-electron chi connectivity index (χ3n) is 8.65. The molecule has 1 heterocycles. The predicted octanol–water partition coefficient (Wildman–Crippen LogP) is 7.35. The van der Waals surface area contributed by atoms with Gasteiger partial charge < -0.3 is 33.5 Å². The lowest BCUT2D eigenvalue weighted by molar-refractivity contribution is -0.701. The van der Waals surface area contributed by atoms with Gasteiger partial charge in [0.25, 0.3) is 5.91 Å². The molecular weight excluding hydrogens is 711 g/mol. The van der Waals surface area contributed by atoms with Crippen LogP contribution in [0.2, 0.25) is 0 Å². The number of hydrogen-bond acceptors (Lipinski definition) is 4. The molecule has 7 heteroatoms. The van der Waals surface area contributed by atoms with Crippen molar-refractivity contribution in [3.05, 3.63) is 95.3 Å². The minimum Gasteiger partial charge on any atom is -1.00 e. The number of carbonyl (C=O) groups is 2. The number of halogens is 1. The van der Waals surface area contributed by atoms with Gasteiger partial charge in [0.1, 0.15) is 25.4 Å². The molecule has 0 aliphatic carbocycles. The Morgan fingerprint density at radius 2 is 1.35 bits per heavy atom. The Balaban J connectivity index is 0.00000800. The molecule has 0 fully saturated rings. The molecule has 264 valence electrons. The zero-order chi connectivity index (χ0) is 33.9. The summed E-state index contributed by atoms with van der Waals surface area (Å²) < 4.78 is 14.1. The van der Waals surface area contributed by atoms with Crippen LogP contribution in [0.3, 0.4) is 0 Å². The second kappa shape index (κ2) is 22.6. The summed E-state index contributed by atoms with van der Waals surface area (Å²) in [6, 6.07) is 20.6. The van der Waals surface area contributed by atoms with Crippen LogP contribution in [-0.4, -0.2) is 23.5 Å². The Kier molecular flexibility index (Phi) is 19.5. The Labute approximate surface area is 307 Å². The maximum atomic E-state index is 13.5. The molecule has 3 aromatic rings. The van der Waals surface area contributed by atoms with E-state index in [0.29, 0.717) is 12.2 Å². The monoisotopic (exact) mass is 770 g/mol. The Bertz CT molecular complexity index is 1360. The smallest absolute Gasteiger partial charge is 0.417 e. The summed E-state index contributed by atoms with van der Waals surface area (Å²) in [4.78, 5) is 28.2. The fourth-order valence-corrected chi connectivity index (χ4v) is 5.81. The van der Waals surface area contributed by atoms with Crippen LogP contribution in [0, 0.1) is 0 Å². The fourth-order valence-electron chi connectivity index (χ4n) is 5.81. The molecule has 2 aromatic carbocycles. The lowest BCUT2D eigenvalue weighted by Crippen LogP contribution is -3.00. The maximum absolute atomic E-state index is 13.5. The number of imide groups is 1. The molecule has 0 aliphatic heterocycles. The third kappa shape index (κ3) is 14.3. The molecule has 0 saturated carbocycles. The van der Waals surface area contributed by atoms with Gasteiger partial charge in [-0.1, -0.05) is 129 Å². The molecule has 48 heavy (non-hydrogen) atoms. The van der Waals surface area contributed by atoms with E-state index in [1.807, 2.05) is 54.1 Å². The number of benzene rings is 2. The molecule has 6 nitrogen and oxygen atoms in total. The molecule has 0 N–H and O–H groups in total. The molecule has 0 aliphatic rings. The van der Waals surface area contributed by atoms with Gasteiger partial charge in [-0.3, -0.25) is 4.79 Å². The maximum Gasteiger partial charge on any atom is 0.417 e. The van der Waals surface area contributed by atoms with Crippen molar-refractivity contribution in [1.82, 2.24) is 4.90 Å². The predicted molar refractivity (Wildman–Crippen MR) is 191 cm³/mol. The molecular formula is C41H59IN2O4. The highest BCUT2D eigenvalue weighted by Crippen LogP contribution is 2.33. The first-order valence-electron chi connectivity index (χ1n) is 18.0. The van der Waals surface area contributed by atoms with Crippen LogP contribution >= 0.6 is 0 Å². The van der Waals surface area contributed by atoms with Gasteiger partial charge in [-0.15, -0.1) is 0 Å². The zero-order valence-corrected chi connectivity index (χ0v) is 32.3. The summed E-state index contributed by atoms with van der Waals surface area (Å²) in [5.74, 6) is 0.490. The molecule has 1 aromatic heterocycles. The van der Waals surface area contributed by atoms with Crippen LogP contribution in [0.25, 0.3) is 0 Å². The summed E-state index contributed by atoms with van der Waals surface area (Å²) in [5, 5.41) is 0.